The first-order valence-corrected chi connectivity index (χ1v) is 9.09. The zero-order chi connectivity index (χ0) is 19.1. The second-order valence-electron chi connectivity index (χ2n) is 6.78. The fourth-order valence-corrected chi connectivity index (χ4v) is 3.66. The van der Waals surface area contributed by atoms with Crippen LogP contribution in [0.25, 0.3) is 17.0 Å². The van der Waals surface area contributed by atoms with Crippen molar-refractivity contribution in [3.8, 4) is 11.3 Å². The van der Waals surface area contributed by atoms with Crippen LogP contribution in [-0.4, -0.2) is 49.5 Å². The van der Waals surface area contributed by atoms with Crippen LogP contribution in [0, 0.1) is 6.92 Å². The SMILES string of the molecule is COC1CC(c2nc(C)no2)N(c2cc(-c3ccccc3)nc3ncnn23)C1. The number of ether oxygens (including phenoxy) is 1. The molecule has 5 rings (SSSR count). The van der Waals surface area contributed by atoms with Crippen LogP contribution >= 0.6 is 0 Å². The Hall–Kier alpha value is -3.33. The Balaban J connectivity index is 1.65. The molecule has 1 fully saturated rings. The van der Waals surface area contributed by atoms with Gasteiger partial charge in [-0.05, 0) is 6.92 Å². The summed E-state index contributed by atoms with van der Waals surface area (Å²) in [5.41, 5.74) is 1.85. The van der Waals surface area contributed by atoms with Crippen LogP contribution in [0.15, 0.2) is 47.2 Å². The Bertz CT molecular complexity index is 1110. The maximum absolute atomic E-state index is 5.64. The van der Waals surface area contributed by atoms with Crippen LogP contribution in [0.2, 0.25) is 0 Å². The van der Waals surface area contributed by atoms with Crippen molar-refractivity contribution in [1.29, 1.82) is 0 Å². The lowest BCUT2D eigenvalue weighted by molar-refractivity contribution is 0.117. The molecular weight excluding hydrogens is 358 g/mol. The molecule has 4 aromatic rings. The number of methoxy groups -OCH3 is 1. The van der Waals surface area contributed by atoms with Crippen molar-refractivity contribution < 1.29 is 9.26 Å². The van der Waals surface area contributed by atoms with Crippen molar-refractivity contribution in [2.24, 2.45) is 0 Å². The van der Waals surface area contributed by atoms with Crippen LogP contribution in [0.3, 0.4) is 0 Å². The van der Waals surface area contributed by atoms with E-state index in [1.165, 1.54) is 6.33 Å². The van der Waals surface area contributed by atoms with Crippen molar-refractivity contribution in [3.63, 3.8) is 0 Å². The fourth-order valence-electron chi connectivity index (χ4n) is 3.66. The second kappa shape index (κ2) is 6.68. The van der Waals surface area contributed by atoms with Crippen LogP contribution in [0.5, 0.6) is 0 Å². The van der Waals surface area contributed by atoms with Crippen molar-refractivity contribution in [1.82, 2.24) is 29.7 Å². The van der Waals surface area contributed by atoms with E-state index in [2.05, 4.69) is 30.1 Å². The van der Waals surface area contributed by atoms with E-state index in [0.717, 1.165) is 23.5 Å². The summed E-state index contributed by atoms with van der Waals surface area (Å²) in [6, 6.07) is 11.9. The van der Waals surface area contributed by atoms with Gasteiger partial charge in [-0.3, -0.25) is 0 Å². The number of benzene rings is 1. The maximum Gasteiger partial charge on any atom is 0.254 e. The number of fused-ring (bicyclic) bond motifs is 1. The third-order valence-electron chi connectivity index (χ3n) is 5.02. The van der Waals surface area contributed by atoms with E-state index in [1.54, 1.807) is 11.6 Å². The fraction of sp³-hybridized carbons (Fsp3) is 0.316. The summed E-state index contributed by atoms with van der Waals surface area (Å²) in [5, 5.41) is 8.33. The first-order chi connectivity index (χ1) is 13.7. The molecule has 0 amide bonds. The standard InChI is InChI=1S/C19H19N7O2/c1-12-22-18(28-24-12)16-8-14(27-2)10-25(16)17-9-15(13-6-4-3-5-7-13)23-19-20-11-21-26(17)19/h3-7,9,11,14,16H,8,10H2,1-2H3. The third-order valence-corrected chi connectivity index (χ3v) is 5.02. The van der Waals surface area contributed by atoms with Gasteiger partial charge < -0.3 is 14.2 Å². The van der Waals surface area contributed by atoms with E-state index in [0.29, 0.717) is 24.0 Å². The van der Waals surface area contributed by atoms with Gasteiger partial charge in [0.15, 0.2) is 5.82 Å². The molecule has 2 atom stereocenters. The monoisotopic (exact) mass is 377 g/mol. The first kappa shape index (κ1) is 16.8. The van der Waals surface area contributed by atoms with E-state index in [4.69, 9.17) is 9.26 Å². The zero-order valence-corrected chi connectivity index (χ0v) is 15.6. The highest BCUT2D eigenvalue weighted by Gasteiger charge is 2.38. The first-order valence-electron chi connectivity index (χ1n) is 9.09. The van der Waals surface area contributed by atoms with Gasteiger partial charge in [-0.25, -0.2) is 4.98 Å². The number of aromatic nitrogens is 6. The van der Waals surface area contributed by atoms with Gasteiger partial charge in [0.25, 0.3) is 5.78 Å². The molecule has 0 N–H and O–H groups in total. The predicted molar refractivity (Wildman–Crippen MR) is 101 cm³/mol. The van der Waals surface area contributed by atoms with Crippen molar-refractivity contribution >= 4 is 11.6 Å². The van der Waals surface area contributed by atoms with Crippen LogP contribution in [-0.2, 0) is 4.74 Å². The smallest absolute Gasteiger partial charge is 0.254 e. The molecule has 1 aliphatic heterocycles. The van der Waals surface area contributed by atoms with Crippen LogP contribution in [0.1, 0.15) is 24.2 Å². The third kappa shape index (κ3) is 2.80. The normalized spacial score (nSPS) is 19.6. The van der Waals surface area contributed by atoms with E-state index in [1.807, 2.05) is 43.3 Å². The molecule has 0 aliphatic carbocycles. The number of anilines is 1. The van der Waals surface area contributed by atoms with E-state index in [9.17, 15) is 0 Å². The second-order valence-corrected chi connectivity index (χ2v) is 6.78. The van der Waals surface area contributed by atoms with E-state index in [-0.39, 0.29) is 12.1 Å². The molecule has 9 nitrogen and oxygen atoms in total. The molecule has 3 aromatic heterocycles. The zero-order valence-electron chi connectivity index (χ0n) is 15.6. The highest BCUT2D eigenvalue weighted by molar-refractivity contribution is 5.66. The molecule has 0 bridgehead atoms. The molecular formula is C19H19N7O2. The topological polar surface area (TPSA) is 94.5 Å². The predicted octanol–water partition coefficient (Wildman–Crippen LogP) is 2.45. The Labute approximate surface area is 161 Å². The molecule has 1 aliphatic rings. The molecule has 4 heterocycles. The number of rotatable bonds is 4. The number of nitrogens with zero attached hydrogens (tertiary/aromatic N) is 7. The van der Waals surface area contributed by atoms with E-state index < -0.39 is 0 Å². The van der Waals surface area contributed by atoms with Gasteiger partial charge in [-0.2, -0.15) is 19.6 Å². The minimum Gasteiger partial charge on any atom is -0.380 e. The van der Waals surface area contributed by atoms with Crippen molar-refractivity contribution in [2.75, 3.05) is 18.6 Å². The summed E-state index contributed by atoms with van der Waals surface area (Å²) in [4.78, 5) is 15.6. The van der Waals surface area contributed by atoms with Gasteiger partial charge >= 0.3 is 0 Å². The highest BCUT2D eigenvalue weighted by Crippen LogP contribution is 2.37. The van der Waals surface area contributed by atoms with Gasteiger partial charge in [0, 0.05) is 31.7 Å². The van der Waals surface area contributed by atoms with Crippen LogP contribution in [0.4, 0.5) is 5.82 Å². The summed E-state index contributed by atoms with van der Waals surface area (Å²) >= 11 is 0. The summed E-state index contributed by atoms with van der Waals surface area (Å²) < 4.78 is 12.9. The molecule has 1 saturated heterocycles. The maximum atomic E-state index is 5.64. The minimum atomic E-state index is -0.107. The molecule has 0 spiro atoms. The lowest BCUT2D eigenvalue weighted by Crippen LogP contribution is -2.27. The summed E-state index contributed by atoms with van der Waals surface area (Å²) in [6.45, 7) is 2.49. The number of hydrogen-bond acceptors (Lipinski definition) is 8. The van der Waals surface area contributed by atoms with Crippen molar-refractivity contribution in [2.45, 2.75) is 25.5 Å². The van der Waals surface area contributed by atoms with Gasteiger partial charge in [0.05, 0.1) is 11.8 Å². The average Bonchev–Trinajstić information content (AvgIpc) is 3.46. The number of aryl methyl sites for hydroxylation is 1. The van der Waals surface area contributed by atoms with Gasteiger partial charge in [-0.15, -0.1) is 0 Å². The summed E-state index contributed by atoms with van der Waals surface area (Å²) in [6.07, 6.45) is 2.30. The average molecular weight is 377 g/mol. The Morgan fingerprint density at radius 2 is 2.04 bits per heavy atom. The quantitative estimate of drug-likeness (QED) is 0.535. The minimum absolute atomic E-state index is 0.0455. The lowest BCUT2D eigenvalue weighted by atomic mass is 10.1. The molecule has 0 radical (unpaired) electrons. The number of hydrogen-bond donors (Lipinski definition) is 0. The van der Waals surface area contributed by atoms with Gasteiger partial charge in [-0.1, -0.05) is 35.5 Å². The largest absolute Gasteiger partial charge is 0.380 e. The highest BCUT2D eigenvalue weighted by atomic mass is 16.5. The molecule has 1 aromatic carbocycles. The van der Waals surface area contributed by atoms with Crippen LogP contribution < -0.4 is 4.90 Å². The summed E-state index contributed by atoms with van der Waals surface area (Å²) in [5.74, 6) is 2.59. The van der Waals surface area contributed by atoms with Gasteiger partial charge in [0.1, 0.15) is 18.2 Å². The molecule has 2 unspecified atom stereocenters. The van der Waals surface area contributed by atoms with Gasteiger partial charge in [0.2, 0.25) is 5.89 Å². The molecule has 0 saturated carbocycles. The molecule has 28 heavy (non-hydrogen) atoms. The lowest BCUT2D eigenvalue weighted by Gasteiger charge is -2.24. The Morgan fingerprint density at radius 1 is 1.18 bits per heavy atom. The molecule has 9 heteroatoms. The Morgan fingerprint density at radius 3 is 2.79 bits per heavy atom. The van der Waals surface area contributed by atoms with E-state index >= 15 is 0 Å². The van der Waals surface area contributed by atoms with Crippen molar-refractivity contribution in [3.05, 3.63) is 54.4 Å². The molecule has 142 valence electrons. The Kier molecular flexibility index (Phi) is 4.01. The summed E-state index contributed by atoms with van der Waals surface area (Å²) in [7, 11) is 1.72.